The molecule has 19 heavy (non-hydrogen) atoms. The highest BCUT2D eigenvalue weighted by Gasteiger charge is 2.11. The van der Waals surface area contributed by atoms with Crippen LogP contribution in [-0.2, 0) is 16.8 Å². The number of benzene rings is 1. The topological polar surface area (TPSA) is 52.7 Å². The van der Waals surface area contributed by atoms with Gasteiger partial charge in [0.15, 0.2) is 0 Å². The van der Waals surface area contributed by atoms with Crippen LogP contribution in [0, 0.1) is 0 Å². The van der Waals surface area contributed by atoms with Crippen LogP contribution in [0.15, 0.2) is 30.3 Å². The molecule has 0 aliphatic heterocycles. The summed E-state index contributed by atoms with van der Waals surface area (Å²) >= 11 is 0. The van der Waals surface area contributed by atoms with Crippen molar-refractivity contribution in [2.45, 2.75) is 13.0 Å². The minimum Gasteiger partial charge on any atom is -0.302 e. The molecule has 0 fully saturated rings. The Morgan fingerprint density at radius 2 is 1.74 bits per heavy atom. The fraction of sp³-hybridized carbons (Fsp3) is 0.538. The molecule has 0 heterocycles. The highest BCUT2D eigenvalue weighted by Crippen LogP contribution is 2.02. The Morgan fingerprint density at radius 1 is 1.11 bits per heavy atom. The third-order valence-electron chi connectivity index (χ3n) is 2.78. The van der Waals surface area contributed by atoms with Crippen molar-refractivity contribution in [3.63, 3.8) is 0 Å². The van der Waals surface area contributed by atoms with Crippen molar-refractivity contribution in [3.05, 3.63) is 35.9 Å². The number of rotatable bonds is 8. The largest absolute Gasteiger partial charge is 0.302 e. The van der Waals surface area contributed by atoms with Gasteiger partial charge in [0.2, 0.25) is 0 Å². The average molecular weight is 285 g/mol. The Morgan fingerprint density at radius 3 is 2.32 bits per heavy atom. The van der Waals surface area contributed by atoms with Gasteiger partial charge in [0, 0.05) is 27.2 Å². The molecule has 0 atom stereocenters. The molecule has 0 saturated heterocycles. The van der Waals surface area contributed by atoms with Gasteiger partial charge in [-0.2, -0.15) is 12.7 Å². The second-order valence-corrected chi connectivity index (χ2v) is 6.73. The lowest BCUT2D eigenvalue weighted by Crippen LogP contribution is -2.37. The van der Waals surface area contributed by atoms with E-state index in [1.165, 1.54) is 24.0 Å². The van der Waals surface area contributed by atoms with Gasteiger partial charge in [0.25, 0.3) is 10.2 Å². The summed E-state index contributed by atoms with van der Waals surface area (Å²) in [6.07, 6.45) is 0.788. The first-order chi connectivity index (χ1) is 8.92. The molecule has 108 valence electrons. The maximum absolute atomic E-state index is 11.5. The Balaban J connectivity index is 2.23. The fourth-order valence-corrected chi connectivity index (χ4v) is 2.31. The second kappa shape index (κ2) is 7.59. The lowest BCUT2D eigenvalue weighted by molar-refractivity contribution is 0.322. The van der Waals surface area contributed by atoms with Crippen LogP contribution in [-0.4, -0.2) is 51.9 Å². The van der Waals surface area contributed by atoms with Gasteiger partial charge >= 0.3 is 0 Å². The van der Waals surface area contributed by atoms with Crippen LogP contribution < -0.4 is 4.72 Å². The van der Waals surface area contributed by atoms with Crippen molar-refractivity contribution in [1.29, 1.82) is 0 Å². The van der Waals surface area contributed by atoms with Crippen LogP contribution >= 0.6 is 0 Å². The van der Waals surface area contributed by atoms with Gasteiger partial charge < -0.3 is 4.90 Å². The lowest BCUT2D eigenvalue weighted by atomic mass is 10.2. The molecule has 5 nitrogen and oxygen atoms in total. The summed E-state index contributed by atoms with van der Waals surface area (Å²) < 4.78 is 26.7. The Hall–Kier alpha value is -0.950. The molecular weight excluding hydrogens is 262 g/mol. The van der Waals surface area contributed by atoms with Gasteiger partial charge in [-0.25, -0.2) is 4.72 Å². The number of nitrogens with one attached hydrogen (secondary N) is 1. The number of hydrogen-bond donors (Lipinski definition) is 1. The minimum atomic E-state index is -3.29. The quantitative estimate of drug-likeness (QED) is 0.722. The summed E-state index contributed by atoms with van der Waals surface area (Å²) in [5.41, 5.74) is 1.26. The second-order valence-electron chi connectivity index (χ2n) is 4.76. The fourth-order valence-electron chi connectivity index (χ4n) is 1.65. The van der Waals surface area contributed by atoms with E-state index in [4.69, 9.17) is 0 Å². The Kier molecular flexibility index (Phi) is 6.44. The minimum absolute atomic E-state index is 0.458. The summed E-state index contributed by atoms with van der Waals surface area (Å²) in [5, 5.41) is 0. The predicted molar refractivity (Wildman–Crippen MR) is 78.0 cm³/mol. The van der Waals surface area contributed by atoms with Gasteiger partial charge in [-0.15, -0.1) is 0 Å². The predicted octanol–water partition coefficient (Wildman–Crippen LogP) is 0.905. The summed E-state index contributed by atoms with van der Waals surface area (Å²) in [6.45, 7) is 2.19. The van der Waals surface area contributed by atoms with Gasteiger partial charge in [0.1, 0.15) is 0 Å². The zero-order valence-electron chi connectivity index (χ0n) is 11.8. The van der Waals surface area contributed by atoms with Crippen molar-refractivity contribution in [1.82, 2.24) is 13.9 Å². The molecule has 1 N–H and O–H groups in total. The van der Waals surface area contributed by atoms with E-state index in [9.17, 15) is 8.42 Å². The SMILES string of the molecule is CN(CCCNS(=O)(=O)N(C)C)Cc1ccccc1. The maximum Gasteiger partial charge on any atom is 0.278 e. The molecular formula is C13H23N3O2S. The van der Waals surface area contributed by atoms with Crippen molar-refractivity contribution >= 4 is 10.2 Å². The molecule has 0 saturated carbocycles. The molecule has 0 aliphatic rings. The van der Waals surface area contributed by atoms with Crippen LogP contribution in [0.1, 0.15) is 12.0 Å². The van der Waals surface area contributed by atoms with E-state index >= 15 is 0 Å². The molecule has 1 aromatic carbocycles. The molecule has 0 aromatic heterocycles. The first-order valence-electron chi connectivity index (χ1n) is 6.31. The van der Waals surface area contributed by atoms with Crippen LogP contribution in [0.4, 0.5) is 0 Å². The van der Waals surface area contributed by atoms with E-state index in [0.29, 0.717) is 6.54 Å². The van der Waals surface area contributed by atoms with Gasteiger partial charge in [-0.3, -0.25) is 0 Å². The third kappa shape index (κ3) is 6.15. The number of nitrogens with zero attached hydrogens (tertiary/aromatic N) is 2. The molecule has 0 amide bonds. The van der Waals surface area contributed by atoms with Crippen molar-refractivity contribution in [2.24, 2.45) is 0 Å². The first-order valence-corrected chi connectivity index (χ1v) is 7.75. The van der Waals surface area contributed by atoms with Gasteiger partial charge in [-0.05, 0) is 25.6 Å². The zero-order valence-corrected chi connectivity index (χ0v) is 12.7. The highest BCUT2D eigenvalue weighted by atomic mass is 32.2. The molecule has 6 heteroatoms. The molecule has 0 bridgehead atoms. The summed E-state index contributed by atoms with van der Waals surface area (Å²) in [6, 6.07) is 10.2. The van der Waals surface area contributed by atoms with Gasteiger partial charge in [0.05, 0.1) is 0 Å². The maximum atomic E-state index is 11.5. The standard InChI is InChI=1S/C13H23N3O2S/c1-15(2)19(17,18)14-10-7-11-16(3)12-13-8-5-4-6-9-13/h4-6,8-9,14H,7,10-12H2,1-3H3. The number of hydrogen-bond acceptors (Lipinski definition) is 3. The zero-order chi connectivity index (χ0) is 14.3. The molecule has 0 spiro atoms. The van der Waals surface area contributed by atoms with E-state index in [0.717, 1.165) is 19.5 Å². The highest BCUT2D eigenvalue weighted by molar-refractivity contribution is 7.87. The van der Waals surface area contributed by atoms with Gasteiger partial charge in [-0.1, -0.05) is 30.3 Å². The van der Waals surface area contributed by atoms with Crippen molar-refractivity contribution in [2.75, 3.05) is 34.2 Å². The summed E-state index contributed by atoms with van der Waals surface area (Å²) in [7, 11) is 1.78. The van der Waals surface area contributed by atoms with Crippen molar-refractivity contribution < 1.29 is 8.42 Å². The Labute approximate surface area is 116 Å². The molecule has 0 aliphatic carbocycles. The third-order valence-corrected chi connectivity index (χ3v) is 4.31. The summed E-state index contributed by atoms with van der Waals surface area (Å²) in [5.74, 6) is 0. The van der Waals surface area contributed by atoms with Crippen LogP contribution in [0.3, 0.4) is 0 Å². The lowest BCUT2D eigenvalue weighted by Gasteiger charge is -2.17. The van der Waals surface area contributed by atoms with Crippen LogP contribution in [0.5, 0.6) is 0 Å². The molecule has 1 rings (SSSR count). The van der Waals surface area contributed by atoms with E-state index in [1.807, 2.05) is 25.2 Å². The Bertz CT molecular complexity index is 460. The normalized spacial score (nSPS) is 12.3. The van der Waals surface area contributed by atoms with E-state index in [-0.39, 0.29) is 0 Å². The van der Waals surface area contributed by atoms with Crippen LogP contribution in [0.2, 0.25) is 0 Å². The molecule has 0 unspecified atom stereocenters. The average Bonchev–Trinajstić information content (AvgIpc) is 2.36. The smallest absolute Gasteiger partial charge is 0.278 e. The van der Waals surface area contributed by atoms with E-state index < -0.39 is 10.2 Å². The van der Waals surface area contributed by atoms with Crippen LogP contribution in [0.25, 0.3) is 0 Å². The first kappa shape index (κ1) is 16.1. The molecule has 1 aromatic rings. The monoisotopic (exact) mass is 285 g/mol. The van der Waals surface area contributed by atoms with Crippen molar-refractivity contribution in [3.8, 4) is 0 Å². The van der Waals surface area contributed by atoms with E-state index in [1.54, 1.807) is 0 Å². The molecule has 0 radical (unpaired) electrons. The van der Waals surface area contributed by atoms with E-state index in [2.05, 4.69) is 21.8 Å². The summed E-state index contributed by atoms with van der Waals surface area (Å²) in [4.78, 5) is 2.18.